The van der Waals surface area contributed by atoms with E-state index < -0.39 is 11.0 Å². The van der Waals surface area contributed by atoms with Crippen LogP contribution >= 0.6 is 11.6 Å². The molecule has 1 unspecified atom stereocenters. The molecule has 5 heteroatoms. The molecular weight excluding hydrogens is 294 g/mol. The topological polar surface area (TPSA) is 29.5 Å². The molecule has 1 atom stereocenters. The van der Waals surface area contributed by atoms with Gasteiger partial charge in [0, 0.05) is 5.02 Å². The van der Waals surface area contributed by atoms with Crippen molar-refractivity contribution in [2.24, 2.45) is 0 Å². The van der Waals surface area contributed by atoms with Crippen LogP contribution in [0.1, 0.15) is 11.1 Å². The number of hydrogen-bond acceptors (Lipinski definition) is 2. The van der Waals surface area contributed by atoms with Crippen molar-refractivity contribution >= 4 is 28.3 Å². The molecule has 0 bridgehead atoms. The summed E-state index contributed by atoms with van der Waals surface area (Å²) in [6, 6.07) is 11.3. The van der Waals surface area contributed by atoms with Crippen LogP contribution in [0.25, 0.3) is 0 Å². The van der Waals surface area contributed by atoms with Crippen molar-refractivity contribution in [3.63, 3.8) is 0 Å². The maximum Gasteiger partial charge on any atom is 0.153 e. The molecule has 0 aromatic heterocycles. The number of ether oxygens (including phenoxy) is 1. The third-order valence-corrected chi connectivity index (χ3v) is 5.12. The van der Waals surface area contributed by atoms with Crippen LogP contribution in [0.4, 0.5) is 5.69 Å². The summed E-state index contributed by atoms with van der Waals surface area (Å²) in [5, 5.41) is 0.690. The van der Waals surface area contributed by atoms with Crippen molar-refractivity contribution in [1.82, 2.24) is 0 Å². The summed E-state index contributed by atoms with van der Waals surface area (Å²) in [5.74, 6) is 0.728. The number of halogens is 1. The second kappa shape index (κ2) is 5.11. The summed E-state index contributed by atoms with van der Waals surface area (Å²) in [7, 11) is 0.407. The molecule has 3 nitrogen and oxygen atoms in total. The molecule has 1 aliphatic rings. The van der Waals surface area contributed by atoms with Gasteiger partial charge >= 0.3 is 0 Å². The smallest absolute Gasteiger partial charge is 0.153 e. The second-order valence-corrected chi connectivity index (χ2v) is 6.51. The molecule has 104 valence electrons. The van der Waals surface area contributed by atoms with Crippen LogP contribution in [0, 0.1) is 6.92 Å². The molecule has 1 heterocycles. The lowest BCUT2D eigenvalue weighted by Crippen LogP contribution is -2.18. The number of benzene rings is 2. The summed E-state index contributed by atoms with van der Waals surface area (Å²) < 4.78 is 19.7. The Bertz CT molecular complexity index is 702. The van der Waals surface area contributed by atoms with Gasteiger partial charge in [-0.1, -0.05) is 17.7 Å². The van der Waals surface area contributed by atoms with Crippen molar-refractivity contribution in [3.05, 3.63) is 52.5 Å². The Morgan fingerprint density at radius 2 is 2.05 bits per heavy atom. The highest BCUT2D eigenvalue weighted by Gasteiger charge is 2.28. The van der Waals surface area contributed by atoms with Crippen LogP contribution in [-0.2, 0) is 17.5 Å². The van der Waals surface area contributed by atoms with E-state index in [0.29, 0.717) is 11.6 Å². The van der Waals surface area contributed by atoms with Crippen molar-refractivity contribution < 1.29 is 8.95 Å². The highest BCUT2D eigenvalue weighted by atomic mass is 35.5. The van der Waals surface area contributed by atoms with E-state index in [2.05, 4.69) is 0 Å². The maximum absolute atomic E-state index is 12.7. The molecule has 0 amide bonds. The number of hydrogen-bond donors (Lipinski definition) is 0. The van der Waals surface area contributed by atoms with E-state index >= 15 is 0 Å². The molecule has 20 heavy (non-hydrogen) atoms. The zero-order chi connectivity index (χ0) is 14.3. The van der Waals surface area contributed by atoms with Crippen LogP contribution < -0.4 is 9.04 Å². The van der Waals surface area contributed by atoms with Gasteiger partial charge < -0.3 is 4.74 Å². The van der Waals surface area contributed by atoms with Crippen LogP contribution in [0.2, 0.25) is 5.02 Å². The van der Waals surface area contributed by atoms with Crippen LogP contribution in [0.15, 0.2) is 41.3 Å². The second-order valence-electron chi connectivity index (χ2n) is 4.69. The zero-order valence-corrected chi connectivity index (χ0v) is 12.8. The Morgan fingerprint density at radius 1 is 1.25 bits per heavy atom. The van der Waals surface area contributed by atoms with Gasteiger partial charge in [0.15, 0.2) is 11.0 Å². The molecule has 0 radical (unpaired) electrons. The van der Waals surface area contributed by atoms with E-state index in [-0.39, 0.29) is 0 Å². The first-order valence-corrected chi connectivity index (χ1v) is 7.71. The van der Waals surface area contributed by atoms with Gasteiger partial charge in [0.25, 0.3) is 0 Å². The lowest BCUT2D eigenvalue weighted by Gasteiger charge is -2.18. The monoisotopic (exact) mass is 307 g/mol. The SMILES string of the molecule is COc1ccc2c(c1)S(=O)N(c1ccc(Cl)cc1C)C2. The fourth-order valence-electron chi connectivity index (χ4n) is 2.36. The highest BCUT2D eigenvalue weighted by molar-refractivity contribution is 7.86. The lowest BCUT2D eigenvalue weighted by atomic mass is 10.1. The van der Waals surface area contributed by atoms with E-state index in [1.807, 2.05) is 47.6 Å². The average Bonchev–Trinajstić information content (AvgIpc) is 2.76. The van der Waals surface area contributed by atoms with Gasteiger partial charge in [-0.25, -0.2) is 4.21 Å². The Labute approximate surface area is 125 Å². The molecule has 0 N–H and O–H groups in total. The minimum atomic E-state index is -1.21. The summed E-state index contributed by atoms with van der Waals surface area (Å²) in [6.07, 6.45) is 0. The fourth-order valence-corrected chi connectivity index (χ4v) is 4.04. The van der Waals surface area contributed by atoms with Gasteiger partial charge in [-0.2, -0.15) is 0 Å². The van der Waals surface area contributed by atoms with Gasteiger partial charge in [-0.3, -0.25) is 4.31 Å². The van der Waals surface area contributed by atoms with E-state index in [1.54, 1.807) is 7.11 Å². The molecule has 0 aliphatic carbocycles. The lowest BCUT2D eigenvalue weighted by molar-refractivity contribution is 0.413. The maximum atomic E-state index is 12.7. The fraction of sp³-hybridized carbons (Fsp3) is 0.200. The number of aryl methyl sites for hydroxylation is 1. The van der Waals surface area contributed by atoms with Crippen molar-refractivity contribution in [2.75, 3.05) is 11.4 Å². The molecule has 2 aromatic rings. The third kappa shape index (κ3) is 2.19. The van der Waals surface area contributed by atoms with E-state index in [9.17, 15) is 4.21 Å². The van der Waals surface area contributed by atoms with Gasteiger partial charge in [0.05, 0.1) is 24.2 Å². The van der Waals surface area contributed by atoms with Gasteiger partial charge in [-0.15, -0.1) is 0 Å². The predicted molar refractivity (Wildman–Crippen MR) is 81.8 cm³/mol. The molecule has 0 spiro atoms. The summed E-state index contributed by atoms with van der Waals surface area (Å²) in [6.45, 7) is 2.61. The first-order valence-electron chi connectivity index (χ1n) is 6.22. The quantitative estimate of drug-likeness (QED) is 0.846. The number of nitrogens with zero attached hydrogens (tertiary/aromatic N) is 1. The van der Waals surface area contributed by atoms with Gasteiger partial charge in [-0.05, 0) is 48.4 Å². The van der Waals surface area contributed by atoms with E-state index in [1.165, 1.54) is 0 Å². The predicted octanol–water partition coefficient (Wildman–Crippen LogP) is 3.70. The molecule has 0 saturated carbocycles. The van der Waals surface area contributed by atoms with Crippen molar-refractivity contribution in [2.45, 2.75) is 18.4 Å². The van der Waals surface area contributed by atoms with E-state index in [0.717, 1.165) is 27.5 Å². The molecule has 2 aromatic carbocycles. The Hall–Kier alpha value is -1.52. The minimum absolute atomic E-state index is 0.633. The summed E-state index contributed by atoms with van der Waals surface area (Å²) in [4.78, 5) is 0.818. The number of fused-ring (bicyclic) bond motifs is 1. The van der Waals surface area contributed by atoms with Crippen molar-refractivity contribution in [1.29, 1.82) is 0 Å². The molecule has 3 rings (SSSR count). The van der Waals surface area contributed by atoms with Crippen LogP contribution in [0.3, 0.4) is 0 Å². The molecule has 0 fully saturated rings. The van der Waals surface area contributed by atoms with Gasteiger partial charge in [0.1, 0.15) is 5.75 Å². The van der Waals surface area contributed by atoms with Gasteiger partial charge in [0.2, 0.25) is 0 Å². The zero-order valence-electron chi connectivity index (χ0n) is 11.2. The minimum Gasteiger partial charge on any atom is -0.497 e. The first kappa shape index (κ1) is 13.5. The molecule has 0 saturated heterocycles. The number of methoxy groups -OCH3 is 1. The van der Waals surface area contributed by atoms with Crippen LogP contribution in [-0.4, -0.2) is 11.3 Å². The van der Waals surface area contributed by atoms with Crippen molar-refractivity contribution in [3.8, 4) is 5.75 Å². The molecular formula is C15H14ClNO2S. The van der Waals surface area contributed by atoms with E-state index in [4.69, 9.17) is 16.3 Å². The largest absolute Gasteiger partial charge is 0.497 e. The average molecular weight is 308 g/mol. The third-order valence-electron chi connectivity index (χ3n) is 3.40. The molecule has 1 aliphatic heterocycles. The Kier molecular flexibility index (Phi) is 3.44. The summed E-state index contributed by atoms with van der Waals surface area (Å²) >= 11 is 5.98. The van der Waals surface area contributed by atoms with Crippen LogP contribution in [0.5, 0.6) is 5.75 Å². The number of anilines is 1. The summed E-state index contributed by atoms with van der Waals surface area (Å²) in [5.41, 5.74) is 3.03. The highest BCUT2D eigenvalue weighted by Crippen LogP contribution is 2.36. The Balaban J connectivity index is 2.01. The first-order chi connectivity index (χ1) is 9.60. The number of rotatable bonds is 2. The normalized spacial score (nSPS) is 17.1. The standard InChI is InChI=1S/C15H14ClNO2S/c1-10-7-12(16)4-6-14(10)17-9-11-3-5-13(19-2)8-15(11)20(17)18/h3-8H,9H2,1-2H3. The Morgan fingerprint density at radius 3 is 2.75 bits per heavy atom.